The van der Waals surface area contributed by atoms with E-state index >= 15 is 0 Å². The van der Waals surface area contributed by atoms with Gasteiger partial charge in [-0.05, 0) is 55.5 Å². The summed E-state index contributed by atoms with van der Waals surface area (Å²) in [6.07, 6.45) is 3.08. The molecule has 0 saturated carbocycles. The third kappa shape index (κ3) is 4.93. The van der Waals surface area contributed by atoms with E-state index in [-0.39, 0.29) is 37.5 Å². The lowest BCUT2D eigenvalue weighted by atomic mass is 10.1. The molecule has 0 aliphatic heterocycles. The first-order valence-electron chi connectivity index (χ1n) is 10.4. The van der Waals surface area contributed by atoms with Crippen molar-refractivity contribution in [1.82, 2.24) is 40.1 Å². The van der Waals surface area contributed by atoms with Crippen LogP contribution in [0.15, 0.2) is 54.9 Å². The molecule has 4 aromatic rings. The average molecular weight is 450 g/mol. The quantitative estimate of drug-likeness (QED) is 0.436. The molecule has 4 rings (SSSR count). The molecule has 170 valence electrons. The molecule has 0 fully saturated rings. The van der Waals surface area contributed by atoms with Gasteiger partial charge in [0.2, 0.25) is 5.82 Å². The topological polar surface area (TPSA) is 115 Å². The van der Waals surface area contributed by atoms with Gasteiger partial charge in [0.1, 0.15) is 5.82 Å². The number of carbonyl (C=O) groups is 1. The number of rotatable bonds is 8. The number of hydrogen-bond acceptors (Lipinski definition) is 7. The lowest BCUT2D eigenvalue weighted by molar-refractivity contribution is 0.0622. The van der Waals surface area contributed by atoms with Crippen LogP contribution in [0.5, 0.6) is 0 Å². The number of aliphatic hydroxyl groups is 1. The van der Waals surface area contributed by atoms with Crippen molar-refractivity contribution in [2.45, 2.75) is 26.4 Å². The molecule has 0 spiro atoms. The van der Waals surface area contributed by atoms with Crippen LogP contribution in [0.2, 0.25) is 0 Å². The van der Waals surface area contributed by atoms with E-state index in [2.05, 4.69) is 25.6 Å². The van der Waals surface area contributed by atoms with E-state index in [0.717, 1.165) is 5.56 Å². The van der Waals surface area contributed by atoms with Gasteiger partial charge in [0.25, 0.3) is 5.91 Å². The molecule has 0 aliphatic carbocycles. The average Bonchev–Trinajstić information content (AvgIpc) is 3.50. The van der Waals surface area contributed by atoms with Crippen LogP contribution in [0.1, 0.15) is 22.8 Å². The van der Waals surface area contributed by atoms with Gasteiger partial charge in [0, 0.05) is 12.1 Å². The molecule has 1 amide bonds. The standard InChI is InChI=1S/C22H23FN8O2/c1-15-3-8-20(31-24-9-10-25-31)19(13-15)22(33)29(11-12-32)16(2)14-30-27-21(26-28-30)17-4-6-18(23)7-5-17/h3-10,13,16,32H,11-12,14H2,1-2H3/t16-/m0/s1. The van der Waals surface area contributed by atoms with Crippen molar-refractivity contribution in [1.29, 1.82) is 0 Å². The fourth-order valence-electron chi connectivity index (χ4n) is 3.49. The normalized spacial score (nSPS) is 12.0. The van der Waals surface area contributed by atoms with Crippen LogP contribution in [0.25, 0.3) is 17.1 Å². The molecule has 0 aliphatic rings. The molecule has 0 radical (unpaired) electrons. The first-order valence-corrected chi connectivity index (χ1v) is 10.4. The second-order valence-electron chi connectivity index (χ2n) is 7.59. The summed E-state index contributed by atoms with van der Waals surface area (Å²) < 4.78 is 13.2. The van der Waals surface area contributed by atoms with Crippen molar-refractivity contribution < 1.29 is 14.3 Å². The summed E-state index contributed by atoms with van der Waals surface area (Å²) in [5.41, 5.74) is 2.51. The Bertz CT molecular complexity index is 1220. The lowest BCUT2D eigenvalue weighted by Gasteiger charge is -2.29. The fraction of sp³-hybridized carbons (Fsp3) is 0.273. The first-order chi connectivity index (χ1) is 16.0. The van der Waals surface area contributed by atoms with Crippen LogP contribution < -0.4 is 0 Å². The minimum atomic E-state index is -0.362. The van der Waals surface area contributed by atoms with E-state index in [1.165, 1.54) is 34.1 Å². The number of benzene rings is 2. The first kappa shape index (κ1) is 22.2. The van der Waals surface area contributed by atoms with Gasteiger partial charge in [0.05, 0.1) is 42.8 Å². The third-order valence-corrected chi connectivity index (χ3v) is 5.13. The molecular weight excluding hydrogens is 427 g/mol. The second kappa shape index (κ2) is 9.65. The number of tetrazole rings is 1. The zero-order valence-electron chi connectivity index (χ0n) is 18.2. The van der Waals surface area contributed by atoms with Gasteiger partial charge < -0.3 is 10.0 Å². The molecule has 0 saturated heterocycles. The Kier molecular flexibility index (Phi) is 6.50. The number of aliphatic hydroxyl groups excluding tert-OH is 1. The van der Waals surface area contributed by atoms with Crippen molar-refractivity contribution in [3.05, 3.63) is 71.8 Å². The lowest BCUT2D eigenvalue weighted by Crippen LogP contribution is -2.43. The van der Waals surface area contributed by atoms with E-state index < -0.39 is 0 Å². The molecule has 2 heterocycles. The predicted octanol–water partition coefficient (Wildman–Crippen LogP) is 1.89. The Morgan fingerprint density at radius 2 is 1.88 bits per heavy atom. The summed E-state index contributed by atoms with van der Waals surface area (Å²) in [6, 6.07) is 10.9. The Labute approximate surface area is 189 Å². The van der Waals surface area contributed by atoms with Crippen molar-refractivity contribution >= 4 is 5.91 Å². The predicted molar refractivity (Wildman–Crippen MR) is 117 cm³/mol. The summed E-state index contributed by atoms with van der Waals surface area (Å²) in [6.45, 7) is 3.91. The minimum absolute atomic E-state index is 0.124. The van der Waals surface area contributed by atoms with Crippen molar-refractivity contribution in [2.75, 3.05) is 13.2 Å². The van der Waals surface area contributed by atoms with Crippen LogP contribution in [0, 0.1) is 12.7 Å². The van der Waals surface area contributed by atoms with Gasteiger partial charge >= 0.3 is 0 Å². The molecule has 0 bridgehead atoms. The van der Waals surface area contributed by atoms with Crippen molar-refractivity contribution in [2.24, 2.45) is 0 Å². The third-order valence-electron chi connectivity index (χ3n) is 5.13. The number of halogens is 1. The van der Waals surface area contributed by atoms with Crippen LogP contribution in [0.3, 0.4) is 0 Å². The highest BCUT2D eigenvalue weighted by molar-refractivity contribution is 5.98. The van der Waals surface area contributed by atoms with Gasteiger partial charge in [-0.3, -0.25) is 4.79 Å². The van der Waals surface area contributed by atoms with Crippen molar-refractivity contribution in [3.63, 3.8) is 0 Å². The highest BCUT2D eigenvalue weighted by Crippen LogP contribution is 2.19. The summed E-state index contributed by atoms with van der Waals surface area (Å²) in [5.74, 6) is -0.266. The maximum atomic E-state index is 13.5. The van der Waals surface area contributed by atoms with E-state index in [9.17, 15) is 14.3 Å². The number of nitrogens with zero attached hydrogens (tertiary/aromatic N) is 8. The van der Waals surface area contributed by atoms with E-state index in [1.54, 1.807) is 29.2 Å². The molecule has 10 nitrogen and oxygen atoms in total. The molecule has 11 heteroatoms. The highest BCUT2D eigenvalue weighted by Gasteiger charge is 2.25. The Morgan fingerprint density at radius 3 is 2.58 bits per heavy atom. The van der Waals surface area contributed by atoms with Crippen LogP contribution >= 0.6 is 0 Å². The monoisotopic (exact) mass is 450 g/mol. The Hall–Kier alpha value is -3.99. The molecule has 33 heavy (non-hydrogen) atoms. The summed E-state index contributed by atoms with van der Waals surface area (Å²) >= 11 is 0. The number of amides is 1. The maximum Gasteiger partial charge on any atom is 0.256 e. The smallest absolute Gasteiger partial charge is 0.256 e. The van der Waals surface area contributed by atoms with E-state index in [4.69, 9.17) is 0 Å². The molecular formula is C22H23FN8O2. The largest absolute Gasteiger partial charge is 0.395 e. The van der Waals surface area contributed by atoms with Crippen LogP contribution in [0.4, 0.5) is 4.39 Å². The van der Waals surface area contributed by atoms with Crippen LogP contribution in [-0.2, 0) is 6.54 Å². The number of aryl methyl sites for hydroxylation is 1. The van der Waals surface area contributed by atoms with Crippen molar-refractivity contribution in [3.8, 4) is 17.1 Å². The number of carbonyl (C=O) groups excluding carboxylic acids is 1. The molecule has 1 N–H and O–H groups in total. The SMILES string of the molecule is Cc1ccc(-n2nccn2)c(C(=O)N(CCO)[C@@H](C)Cn2nnc(-c3ccc(F)cc3)n2)c1. The van der Waals surface area contributed by atoms with Crippen LogP contribution in [-0.4, -0.2) is 70.3 Å². The summed E-state index contributed by atoms with van der Waals surface area (Å²) in [4.78, 5) is 17.9. The van der Waals surface area contributed by atoms with Gasteiger partial charge in [-0.15, -0.1) is 10.2 Å². The fourth-order valence-corrected chi connectivity index (χ4v) is 3.49. The van der Waals surface area contributed by atoms with E-state index in [0.29, 0.717) is 22.6 Å². The number of aromatic nitrogens is 7. The second-order valence-corrected chi connectivity index (χ2v) is 7.59. The zero-order valence-corrected chi connectivity index (χ0v) is 18.2. The van der Waals surface area contributed by atoms with Gasteiger partial charge in [0.15, 0.2) is 0 Å². The van der Waals surface area contributed by atoms with E-state index in [1.807, 2.05) is 19.9 Å². The summed E-state index contributed by atoms with van der Waals surface area (Å²) in [5, 5.41) is 30.3. The summed E-state index contributed by atoms with van der Waals surface area (Å²) in [7, 11) is 0. The van der Waals surface area contributed by atoms with Gasteiger partial charge in [-0.1, -0.05) is 11.6 Å². The molecule has 2 aromatic heterocycles. The maximum absolute atomic E-state index is 13.5. The Balaban J connectivity index is 1.57. The molecule has 2 aromatic carbocycles. The number of hydrogen-bond donors (Lipinski definition) is 1. The molecule has 0 unspecified atom stereocenters. The zero-order chi connectivity index (χ0) is 23.4. The highest BCUT2D eigenvalue weighted by atomic mass is 19.1. The van der Waals surface area contributed by atoms with Gasteiger partial charge in [-0.25, -0.2) is 4.39 Å². The minimum Gasteiger partial charge on any atom is -0.395 e. The van der Waals surface area contributed by atoms with Gasteiger partial charge in [-0.2, -0.15) is 19.8 Å². The Morgan fingerprint density at radius 1 is 1.15 bits per heavy atom. The molecule has 1 atom stereocenters.